The molecule has 0 radical (unpaired) electrons. The van der Waals surface area contributed by atoms with Gasteiger partial charge in [0, 0.05) is 11.6 Å². The third kappa shape index (κ3) is 2.86. The molecule has 0 fully saturated rings. The second-order valence-electron chi connectivity index (χ2n) is 4.60. The molecule has 3 rings (SSSR count). The van der Waals surface area contributed by atoms with Crippen molar-refractivity contribution in [2.45, 2.75) is 4.90 Å². The minimum Gasteiger partial charge on any atom is -0.496 e. The van der Waals surface area contributed by atoms with Crippen LogP contribution in [0.25, 0.3) is 10.9 Å². The quantitative estimate of drug-likeness (QED) is 0.741. The molecule has 0 saturated carbocycles. The Labute approximate surface area is 132 Å². The molecule has 0 amide bonds. The number of nitrogen functional groups attached to an aromatic ring is 1. The Morgan fingerprint density at radius 3 is 2.57 bits per heavy atom. The second kappa shape index (κ2) is 5.69. The number of sulfonamides is 1. The first-order valence-corrected chi connectivity index (χ1v) is 8.01. The molecule has 9 heteroatoms. The third-order valence-electron chi connectivity index (χ3n) is 3.15. The van der Waals surface area contributed by atoms with Crippen LogP contribution >= 0.6 is 0 Å². The lowest BCUT2D eigenvalue weighted by atomic mass is 10.2. The molecule has 1 aromatic carbocycles. The minimum absolute atomic E-state index is 0.000476. The molecule has 118 valence electrons. The van der Waals surface area contributed by atoms with Crippen molar-refractivity contribution in [3.8, 4) is 5.75 Å². The number of methoxy groups -OCH3 is 1. The fourth-order valence-electron chi connectivity index (χ4n) is 2.08. The van der Waals surface area contributed by atoms with Gasteiger partial charge in [0.2, 0.25) is 5.95 Å². The Morgan fingerprint density at radius 2 is 1.87 bits per heavy atom. The van der Waals surface area contributed by atoms with Crippen molar-refractivity contribution in [2.75, 3.05) is 17.6 Å². The molecule has 0 spiro atoms. The molecule has 0 saturated heterocycles. The van der Waals surface area contributed by atoms with E-state index in [1.807, 2.05) is 0 Å². The average molecular weight is 331 g/mol. The number of rotatable bonds is 4. The normalized spacial score (nSPS) is 11.3. The molecule has 23 heavy (non-hydrogen) atoms. The number of anilines is 2. The number of hydrogen-bond acceptors (Lipinski definition) is 7. The summed E-state index contributed by atoms with van der Waals surface area (Å²) in [6.07, 6.45) is 3.83. The molecule has 0 unspecified atom stereocenters. The summed E-state index contributed by atoms with van der Waals surface area (Å²) in [6.45, 7) is 0. The van der Waals surface area contributed by atoms with Crippen LogP contribution in [-0.2, 0) is 10.0 Å². The number of nitrogens with two attached hydrogens (primary N) is 1. The largest absolute Gasteiger partial charge is 0.496 e. The van der Waals surface area contributed by atoms with E-state index in [1.165, 1.54) is 7.11 Å². The zero-order valence-electron chi connectivity index (χ0n) is 12.1. The van der Waals surface area contributed by atoms with Gasteiger partial charge in [0.25, 0.3) is 10.0 Å². The standard InChI is InChI=1S/C14H13N5O3S/c1-22-12-5-6-16-13-10(12)3-2-4-11(13)19-23(20,21)9-7-17-14(15)18-8-9/h2-8,19H,1H3,(H2,15,17,18). The fourth-order valence-corrected chi connectivity index (χ4v) is 3.03. The third-order valence-corrected chi connectivity index (χ3v) is 4.47. The first-order chi connectivity index (χ1) is 11.0. The number of pyridine rings is 1. The lowest BCUT2D eigenvalue weighted by Gasteiger charge is -2.11. The van der Waals surface area contributed by atoms with Crippen LogP contribution in [0.2, 0.25) is 0 Å². The number of nitrogens with one attached hydrogen (secondary N) is 1. The molecule has 0 aliphatic rings. The number of hydrogen-bond donors (Lipinski definition) is 2. The monoisotopic (exact) mass is 331 g/mol. The number of para-hydroxylation sites is 1. The lowest BCUT2D eigenvalue weighted by Crippen LogP contribution is -2.14. The highest BCUT2D eigenvalue weighted by atomic mass is 32.2. The van der Waals surface area contributed by atoms with Gasteiger partial charge in [0.1, 0.15) is 10.6 Å². The molecule has 3 N–H and O–H groups in total. The van der Waals surface area contributed by atoms with Crippen molar-refractivity contribution in [1.29, 1.82) is 0 Å². The van der Waals surface area contributed by atoms with Gasteiger partial charge in [-0.2, -0.15) is 0 Å². The highest BCUT2D eigenvalue weighted by Crippen LogP contribution is 2.29. The maximum atomic E-state index is 12.4. The van der Waals surface area contributed by atoms with Gasteiger partial charge in [0.15, 0.2) is 0 Å². The van der Waals surface area contributed by atoms with Crippen LogP contribution in [0.4, 0.5) is 11.6 Å². The molecule has 0 aliphatic carbocycles. The van der Waals surface area contributed by atoms with Crippen LogP contribution in [0.3, 0.4) is 0 Å². The van der Waals surface area contributed by atoms with E-state index >= 15 is 0 Å². The van der Waals surface area contributed by atoms with E-state index in [0.717, 1.165) is 12.4 Å². The van der Waals surface area contributed by atoms with Gasteiger partial charge >= 0.3 is 0 Å². The smallest absolute Gasteiger partial charge is 0.265 e. The van der Waals surface area contributed by atoms with Gasteiger partial charge in [-0.1, -0.05) is 6.07 Å². The summed E-state index contributed by atoms with van der Waals surface area (Å²) >= 11 is 0. The van der Waals surface area contributed by atoms with Crippen LogP contribution < -0.4 is 15.2 Å². The Balaban J connectivity index is 2.06. The Bertz CT molecular complexity index is 958. The van der Waals surface area contributed by atoms with E-state index in [9.17, 15) is 8.42 Å². The van der Waals surface area contributed by atoms with Crippen molar-refractivity contribution in [3.63, 3.8) is 0 Å². The highest BCUT2D eigenvalue weighted by Gasteiger charge is 2.17. The summed E-state index contributed by atoms with van der Waals surface area (Å²) < 4.78 is 32.6. The molecule has 0 atom stereocenters. The zero-order chi connectivity index (χ0) is 16.4. The number of ether oxygens (including phenoxy) is 1. The number of aromatic nitrogens is 3. The van der Waals surface area contributed by atoms with E-state index < -0.39 is 10.0 Å². The zero-order valence-corrected chi connectivity index (χ0v) is 12.9. The first-order valence-electron chi connectivity index (χ1n) is 6.53. The highest BCUT2D eigenvalue weighted by molar-refractivity contribution is 7.92. The Kier molecular flexibility index (Phi) is 3.70. The van der Waals surface area contributed by atoms with Crippen LogP contribution in [0, 0.1) is 0 Å². The van der Waals surface area contributed by atoms with Crippen molar-refractivity contribution >= 4 is 32.6 Å². The molecule has 8 nitrogen and oxygen atoms in total. The second-order valence-corrected chi connectivity index (χ2v) is 6.28. The first kappa shape index (κ1) is 15.0. The van der Waals surface area contributed by atoms with Crippen LogP contribution in [-0.4, -0.2) is 30.5 Å². The predicted octanol–water partition coefficient (Wildman–Crippen LogP) is 1.42. The van der Waals surface area contributed by atoms with Crippen LogP contribution in [0.15, 0.2) is 47.8 Å². The van der Waals surface area contributed by atoms with Crippen molar-refractivity contribution in [1.82, 2.24) is 15.0 Å². The summed E-state index contributed by atoms with van der Waals surface area (Å²) in [5.74, 6) is 0.604. The van der Waals surface area contributed by atoms with E-state index in [1.54, 1.807) is 30.5 Å². The molecule has 2 aromatic heterocycles. The average Bonchev–Trinajstić information content (AvgIpc) is 2.55. The van der Waals surface area contributed by atoms with Crippen LogP contribution in [0.5, 0.6) is 5.75 Å². The maximum Gasteiger partial charge on any atom is 0.265 e. The van der Waals surface area contributed by atoms with E-state index in [-0.39, 0.29) is 10.8 Å². The molecule has 3 aromatic rings. The van der Waals surface area contributed by atoms with Crippen molar-refractivity contribution in [2.24, 2.45) is 0 Å². The topological polar surface area (TPSA) is 120 Å². The van der Waals surface area contributed by atoms with Gasteiger partial charge in [-0.15, -0.1) is 0 Å². The summed E-state index contributed by atoms with van der Waals surface area (Å²) in [7, 11) is -2.31. The molecular formula is C14H13N5O3S. The number of benzene rings is 1. The number of nitrogens with zero attached hydrogens (tertiary/aromatic N) is 3. The maximum absolute atomic E-state index is 12.4. The predicted molar refractivity (Wildman–Crippen MR) is 85.5 cm³/mol. The van der Waals surface area contributed by atoms with E-state index in [2.05, 4.69) is 19.7 Å². The molecule has 0 bridgehead atoms. The summed E-state index contributed by atoms with van der Waals surface area (Å²) in [5.41, 5.74) is 6.18. The van der Waals surface area contributed by atoms with Crippen LogP contribution in [0.1, 0.15) is 0 Å². The molecule has 2 heterocycles. The summed E-state index contributed by atoms with van der Waals surface area (Å²) in [6, 6.07) is 6.83. The SMILES string of the molecule is COc1ccnc2c(NS(=O)(=O)c3cnc(N)nc3)cccc12. The summed E-state index contributed by atoms with van der Waals surface area (Å²) in [5, 5.41) is 0.698. The van der Waals surface area contributed by atoms with Crippen molar-refractivity contribution < 1.29 is 13.2 Å². The van der Waals surface area contributed by atoms with Crippen molar-refractivity contribution in [3.05, 3.63) is 42.9 Å². The van der Waals surface area contributed by atoms with E-state index in [0.29, 0.717) is 22.3 Å². The Hall–Kier alpha value is -2.94. The number of fused-ring (bicyclic) bond motifs is 1. The minimum atomic E-state index is -3.85. The van der Waals surface area contributed by atoms with Gasteiger partial charge < -0.3 is 10.5 Å². The Morgan fingerprint density at radius 1 is 1.13 bits per heavy atom. The molecule has 0 aliphatic heterocycles. The van der Waals surface area contributed by atoms with Gasteiger partial charge in [-0.3, -0.25) is 9.71 Å². The van der Waals surface area contributed by atoms with Gasteiger partial charge in [-0.25, -0.2) is 18.4 Å². The summed E-state index contributed by atoms with van der Waals surface area (Å²) in [4.78, 5) is 11.5. The lowest BCUT2D eigenvalue weighted by molar-refractivity contribution is 0.419. The van der Waals surface area contributed by atoms with E-state index in [4.69, 9.17) is 10.5 Å². The molecular weight excluding hydrogens is 318 g/mol. The van der Waals surface area contributed by atoms with Gasteiger partial charge in [0.05, 0.1) is 30.7 Å². The van der Waals surface area contributed by atoms with Gasteiger partial charge in [-0.05, 0) is 18.2 Å². The fraction of sp³-hybridized carbons (Fsp3) is 0.0714.